The molecular weight excluding hydrogens is 262 g/mol. The van der Waals surface area contributed by atoms with Crippen molar-refractivity contribution >= 4 is 17.5 Å². The van der Waals surface area contributed by atoms with Crippen LogP contribution in [0.3, 0.4) is 0 Å². The molecule has 4 heteroatoms. The molecule has 0 bridgehead atoms. The SMILES string of the molecule is COc1ccc(C(=O)NC2CCCCCC2Cl)cc1. The zero-order valence-corrected chi connectivity index (χ0v) is 12.0. The third kappa shape index (κ3) is 3.87. The molecule has 2 rings (SSSR count). The summed E-state index contributed by atoms with van der Waals surface area (Å²) in [5.74, 6) is 0.696. The number of nitrogens with one attached hydrogen (secondary N) is 1. The number of ether oxygens (including phenoxy) is 1. The smallest absolute Gasteiger partial charge is 0.251 e. The highest BCUT2D eigenvalue weighted by Gasteiger charge is 2.23. The molecule has 0 spiro atoms. The van der Waals surface area contributed by atoms with E-state index in [-0.39, 0.29) is 17.3 Å². The zero-order chi connectivity index (χ0) is 13.7. The van der Waals surface area contributed by atoms with Crippen LogP contribution in [0.4, 0.5) is 0 Å². The van der Waals surface area contributed by atoms with Gasteiger partial charge in [0, 0.05) is 11.6 Å². The van der Waals surface area contributed by atoms with Crippen LogP contribution in [0.1, 0.15) is 42.5 Å². The Morgan fingerprint density at radius 3 is 2.58 bits per heavy atom. The van der Waals surface area contributed by atoms with Gasteiger partial charge >= 0.3 is 0 Å². The molecular formula is C15H20ClNO2. The number of hydrogen-bond acceptors (Lipinski definition) is 2. The lowest BCUT2D eigenvalue weighted by atomic mass is 10.1. The maximum absolute atomic E-state index is 12.2. The van der Waals surface area contributed by atoms with Crippen molar-refractivity contribution in [3.05, 3.63) is 29.8 Å². The molecule has 0 aliphatic heterocycles. The van der Waals surface area contributed by atoms with Gasteiger partial charge in [0.05, 0.1) is 12.5 Å². The lowest BCUT2D eigenvalue weighted by Gasteiger charge is -2.21. The molecule has 3 nitrogen and oxygen atoms in total. The van der Waals surface area contributed by atoms with E-state index in [1.807, 2.05) is 0 Å². The van der Waals surface area contributed by atoms with E-state index < -0.39 is 0 Å². The molecule has 1 aliphatic rings. The molecule has 0 heterocycles. The first-order valence-electron chi connectivity index (χ1n) is 6.79. The van der Waals surface area contributed by atoms with E-state index in [4.69, 9.17) is 16.3 Å². The summed E-state index contributed by atoms with van der Waals surface area (Å²) < 4.78 is 5.08. The van der Waals surface area contributed by atoms with Crippen molar-refractivity contribution in [1.82, 2.24) is 5.32 Å². The highest BCUT2D eigenvalue weighted by atomic mass is 35.5. The summed E-state index contributed by atoms with van der Waals surface area (Å²) in [5, 5.41) is 3.10. The summed E-state index contributed by atoms with van der Waals surface area (Å²) in [5.41, 5.74) is 0.647. The van der Waals surface area contributed by atoms with Gasteiger partial charge in [0.25, 0.3) is 5.91 Å². The van der Waals surface area contributed by atoms with E-state index in [2.05, 4.69) is 5.32 Å². The molecule has 19 heavy (non-hydrogen) atoms. The van der Waals surface area contributed by atoms with Gasteiger partial charge in [-0.15, -0.1) is 11.6 Å². The van der Waals surface area contributed by atoms with Gasteiger partial charge in [-0.05, 0) is 37.1 Å². The van der Waals surface area contributed by atoms with Crippen LogP contribution in [-0.4, -0.2) is 24.4 Å². The highest BCUT2D eigenvalue weighted by molar-refractivity contribution is 6.21. The number of amides is 1. The third-order valence-electron chi connectivity index (χ3n) is 3.60. The highest BCUT2D eigenvalue weighted by Crippen LogP contribution is 2.22. The fourth-order valence-corrected chi connectivity index (χ4v) is 2.76. The van der Waals surface area contributed by atoms with Crippen LogP contribution < -0.4 is 10.1 Å². The van der Waals surface area contributed by atoms with Crippen molar-refractivity contribution < 1.29 is 9.53 Å². The van der Waals surface area contributed by atoms with Gasteiger partial charge < -0.3 is 10.1 Å². The Kier molecular flexibility index (Phi) is 5.08. The Labute approximate surface area is 119 Å². The van der Waals surface area contributed by atoms with Gasteiger partial charge in [-0.3, -0.25) is 4.79 Å². The first-order valence-corrected chi connectivity index (χ1v) is 7.23. The van der Waals surface area contributed by atoms with Crippen LogP contribution in [0.15, 0.2) is 24.3 Å². The summed E-state index contributed by atoms with van der Waals surface area (Å²) >= 11 is 6.33. The molecule has 1 aromatic carbocycles. The van der Waals surface area contributed by atoms with Gasteiger partial charge in [-0.2, -0.15) is 0 Å². The quantitative estimate of drug-likeness (QED) is 0.681. The van der Waals surface area contributed by atoms with E-state index >= 15 is 0 Å². The van der Waals surface area contributed by atoms with Gasteiger partial charge in [0.15, 0.2) is 0 Å². The standard InChI is InChI=1S/C15H20ClNO2/c1-19-12-9-7-11(8-10-12)15(18)17-14-6-4-2-3-5-13(14)16/h7-10,13-14H,2-6H2,1H3,(H,17,18). The summed E-state index contributed by atoms with van der Waals surface area (Å²) in [7, 11) is 1.61. The largest absolute Gasteiger partial charge is 0.497 e. The second-order valence-corrected chi connectivity index (χ2v) is 5.52. The monoisotopic (exact) mass is 281 g/mol. The van der Waals surface area contributed by atoms with E-state index in [9.17, 15) is 4.79 Å². The summed E-state index contributed by atoms with van der Waals surface area (Å²) in [6, 6.07) is 7.21. The fourth-order valence-electron chi connectivity index (χ4n) is 2.42. The van der Waals surface area contributed by atoms with Gasteiger partial charge in [-0.25, -0.2) is 0 Å². The molecule has 1 saturated carbocycles. The first kappa shape index (κ1) is 14.2. The normalized spacial score (nSPS) is 23.5. The van der Waals surface area contributed by atoms with Gasteiger partial charge in [0.1, 0.15) is 5.75 Å². The van der Waals surface area contributed by atoms with Gasteiger partial charge in [0.2, 0.25) is 0 Å². The fraction of sp³-hybridized carbons (Fsp3) is 0.533. The van der Waals surface area contributed by atoms with Crippen LogP contribution in [-0.2, 0) is 0 Å². The lowest BCUT2D eigenvalue weighted by Crippen LogP contribution is -2.40. The molecule has 1 aromatic rings. The second-order valence-electron chi connectivity index (χ2n) is 4.96. The minimum atomic E-state index is -0.0554. The zero-order valence-electron chi connectivity index (χ0n) is 11.2. The van der Waals surface area contributed by atoms with E-state index in [0.29, 0.717) is 5.56 Å². The van der Waals surface area contributed by atoms with Crippen molar-refractivity contribution in [3.63, 3.8) is 0 Å². The number of rotatable bonds is 3. The molecule has 1 amide bonds. The molecule has 104 valence electrons. The van der Waals surface area contributed by atoms with E-state index in [1.165, 1.54) is 6.42 Å². The predicted octanol–water partition coefficient (Wildman–Crippen LogP) is 3.37. The second kappa shape index (κ2) is 6.80. The number of carbonyl (C=O) groups excluding carboxylic acids is 1. The predicted molar refractivity (Wildman–Crippen MR) is 77.0 cm³/mol. The average molecular weight is 282 g/mol. The average Bonchev–Trinajstić information content (AvgIpc) is 2.64. The number of halogens is 1. The molecule has 0 saturated heterocycles. The van der Waals surface area contributed by atoms with Crippen molar-refractivity contribution in [2.24, 2.45) is 0 Å². The Balaban J connectivity index is 1.98. The van der Waals surface area contributed by atoms with Crippen molar-refractivity contribution in [2.75, 3.05) is 7.11 Å². The number of benzene rings is 1. The van der Waals surface area contributed by atoms with E-state index in [0.717, 1.165) is 31.4 Å². The van der Waals surface area contributed by atoms with Crippen LogP contribution >= 0.6 is 11.6 Å². The lowest BCUT2D eigenvalue weighted by molar-refractivity contribution is 0.0934. The Hall–Kier alpha value is -1.22. The van der Waals surface area contributed by atoms with Crippen molar-refractivity contribution in [1.29, 1.82) is 0 Å². The van der Waals surface area contributed by atoms with Crippen molar-refractivity contribution in [3.8, 4) is 5.75 Å². The Morgan fingerprint density at radius 1 is 1.21 bits per heavy atom. The summed E-state index contributed by atoms with van der Waals surface area (Å²) in [6.45, 7) is 0. The first-order chi connectivity index (χ1) is 9.20. The Bertz CT molecular complexity index is 419. The number of alkyl halides is 1. The maximum atomic E-state index is 12.2. The van der Waals surface area contributed by atoms with Crippen LogP contribution in [0.25, 0.3) is 0 Å². The minimum Gasteiger partial charge on any atom is -0.497 e. The molecule has 2 atom stereocenters. The molecule has 1 fully saturated rings. The topological polar surface area (TPSA) is 38.3 Å². The number of methoxy groups -OCH3 is 1. The minimum absolute atomic E-state index is 0.0460. The Morgan fingerprint density at radius 2 is 1.89 bits per heavy atom. The molecule has 2 unspecified atom stereocenters. The summed E-state index contributed by atoms with van der Waals surface area (Å²) in [4.78, 5) is 12.2. The van der Waals surface area contributed by atoms with Gasteiger partial charge in [-0.1, -0.05) is 19.3 Å². The number of carbonyl (C=O) groups is 1. The molecule has 1 N–H and O–H groups in total. The molecule has 1 aliphatic carbocycles. The van der Waals surface area contributed by atoms with Crippen LogP contribution in [0.2, 0.25) is 0 Å². The molecule has 0 radical (unpaired) electrons. The number of hydrogen-bond donors (Lipinski definition) is 1. The third-order valence-corrected chi connectivity index (χ3v) is 4.12. The van der Waals surface area contributed by atoms with E-state index in [1.54, 1.807) is 31.4 Å². The van der Waals surface area contributed by atoms with Crippen LogP contribution in [0.5, 0.6) is 5.75 Å². The summed E-state index contributed by atoms with van der Waals surface area (Å²) in [6.07, 6.45) is 5.45. The maximum Gasteiger partial charge on any atom is 0.251 e. The molecule has 0 aromatic heterocycles. The van der Waals surface area contributed by atoms with Crippen LogP contribution in [0, 0.1) is 0 Å². The van der Waals surface area contributed by atoms with Crippen molar-refractivity contribution in [2.45, 2.75) is 43.5 Å².